The minimum Gasteiger partial charge on any atom is -0.492 e. The number of carbonyl (C=O) groups is 2. The van der Waals surface area contributed by atoms with E-state index in [0.717, 1.165) is 0 Å². The Bertz CT molecular complexity index is 626. The molecule has 1 aromatic heterocycles. The quantitative estimate of drug-likeness (QED) is 0.724. The molecule has 0 saturated heterocycles. The van der Waals surface area contributed by atoms with E-state index >= 15 is 0 Å². The van der Waals surface area contributed by atoms with E-state index in [2.05, 4.69) is 10.6 Å². The van der Waals surface area contributed by atoms with E-state index in [0.29, 0.717) is 23.9 Å². The second-order valence-corrected chi connectivity index (χ2v) is 5.07. The molecular formula is C16H17ClN2O4. The molecular weight excluding hydrogens is 320 g/mol. The summed E-state index contributed by atoms with van der Waals surface area (Å²) in [4.78, 5) is 23.2. The van der Waals surface area contributed by atoms with E-state index in [1.807, 2.05) is 0 Å². The van der Waals surface area contributed by atoms with Gasteiger partial charge in [0.15, 0.2) is 5.76 Å². The van der Waals surface area contributed by atoms with Gasteiger partial charge in [-0.15, -0.1) is 0 Å². The zero-order chi connectivity index (χ0) is 16.5. The molecule has 0 unspecified atom stereocenters. The first-order valence-electron chi connectivity index (χ1n) is 7.12. The highest BCUT2D eigenvalue weighted by Crippen LogP contribution is 2.15. The number of hydrogen-bond donors (Lipinski definition) is 2. The van der Waals surface area contributed by atoms with Gasteiger partial charge in [0.25, 0.3) is 5.91 Å². The Kier molecular flexibility index (Phi) is 6.50. The zero-order valence-electron chi connectivity index (χ0n) is 12.4. The molecule has 2 aromatic rings. The topological polar surface area (TPSA) is 80.6 Å². The van der Waals surface area contributed by atoms with Crippen LogP contribution in [0.1, 0.15) is 17.0 Å². The smallest absolute Gasteiger partial charge is 0.286 e. The first-order valence-corrected chi connectivity index (χ1v) is 7.50. The first kappa shape index (κ1) is 16.9. The van der Waals surface area contributed by atoms with Crippen LogP contribution in [0.4, 0.5) is 0 Å². The van der Waals surface area contributed by atoms with Crippen LogP contribution in [0.3, 0.4) is 0 Å². The molecule has 23 heavy (non-hydrogen) atoms. The molecule has 0 radical (unpaired) electrons. The van der Waals surface area contributed by atoms with Gasteiger partial charge in [0, 0.05) is 18.0 Å². The highest BCUT2D eigenvalue weighted by atomic mass is 35.5. The Hall–Kier alpha value is -2.47. The number of rotatable bonds is 8. The summed E-state index contributed by atoms with van der Waals surface area (Å²) in [7, 11) is 0. The SMILES string of the molecule is O=C(CCNC(=O)c1ccco1)NCCOc1ccc(Cl)cc1. The van der Waals surface area contributed by atoms with Crippen LogP contribution in [-0.4, -0.2) is 31.5 Å². The summed E-state index contributed by atoms with van der Waals surface area (Å²) in [5.74, 6) is 0.412. The number of hydrogen-bond acceptors (Lipinski definition) is 4. The molecule has 122 valence electrons. The average Bonchev–Trinajstić information content (AvgIpc) is 3.08. The molecule has 0 aliphatic heterocycles. The monoisotopic (exact) mass is 336 g/mol. The van der Waals surface area contributed by atoms with E-state index in [-0.39, 0.29) is 30.5 Å². The number of halogens is 1. The predicted octanol–water partition coefficient (Wildman–Crippen LogP) is 2.25. The molecule has 6 nitrogen and oxygen atoms in total. The number of benzene rings is 1. The molecule has 0 spiro atoms. The maximum atomic E-state index is 11.6. The van der Waals surface area contributed by atoms with Gasteiger partial charge < -0.3 is 19.8 Å². The van der Waals surface area contributed by atoms with Gasteiger partial charge in [0.2, 0.25) is 5.91 Å². The van der Waals surface area contributed by atoms with Crippen LogP contribution >= 0.6 is 11.6 Å². The van der Waals surface area contributed by atoms with E-state index in [1.165, 1.54) is 6.26 Å². The molecule has 0 fully saturated rings. The highest BCUT2D eigenvalue weighted by Gasteiger charge is 2.08. The maximum absolute atomic E-state index is 11.6. The third-order valence-corrected chi connectivity index (χ3v) is 3.14. The second kappa shape index (κ2) is 8.85. The Labute approximate surface area is 138 Å². The van der Waals surface area contributed by atoms with Gasteiger partial charge in [-0.2, -0.15) is 0 Å². The summed E-state index contributed by atoms with van der Waals surface area (Å²) in [6.45, 7) is 0.975. The minimum absolute atomic E-state index is 0.163. The largest absolute Gasteiger partial charge is 0.492 e. The summed E-state index contributed by atoms with van der Waals surface area (Å²) < 4.78 is 10.4. The van der Waals surface area contributed by atoms with E-state index in [1.54, 1.807) is 36.4 Å². The van der Waals surface area contributed by atoms with Crippen LogP contribution in [0.2, 0.25) is 5.02 Å². The lowest BCUT2D eigenvalue weighted by Gasteiger charge is -2.08. The van der Waals surface area contributed by atoms with Crippen molar-refractivity contribution in [1.29, 1.82) is 0 Å². The fraction of sp³-hybridized carbons (Fsp3) is 0.250. The minimum atomic E-state index is -0.339. The second-order valence-electron chi connectivity index (χ2n) is 4.64. The Morgan fingerprint density at radius 1 is 1.09 bits per heavy atom. The van der Waals surface area contributed by atoms with Crippen molar-refractivity contribution in [1.82, 2.24) is 10.6 Å². The van der Waals surface area contributed by atoms with E-state index in [4.69, 9.17) is 20.8 Å². The van der Waals surface area contributed by atoms with E-state index in [9.17, 15) is 9.59 Å². The third-order valence-electron chi connectivity index (χ3n) is 2.89. The summed E-state index contributed by atoms with van der Waals surface area (Å²) in [6, 6.07) is 10.2. The molecule has 0 bridgehead atoms. The van der Waals surface area contributed by atoms with Crippen LogP contribution in [0, 0.1) is 0 Å². The van der Waals surface area contributed by atoms with Crippen molar-refractivity contribution in [3.63, 3.8) is 0 Å². The Balaban J connectivity index is 1.55. The fourth-order valence-corrected chi connectivity index (χ4v) is 1.89. The van der Waals surface area contributed by atoms with Gasteiger partial charge in [-0.3, -0.25) is 9.59 Å². The van der Waals surface area contributed by atoms with Gasteiger partial charge >= 0.3 is 0 Å². The van der Waals surface area contributed by atoms with Crippen molar-refractivity contribution in [3.05, 3.63) is 53.4 Å². The predicted molar refractivity (Wildman–Crippen MR) is 85.6 cm³/mol. The van der Waals surface area contributed by atoms with Gasteiger partial charge in [-0.1, -0.05) is 11.6 Å². The summed E-state index contributed by atoms with van der Waals surface area (Å²) in [5, 5.41) is 5.95. The van der Waals surface area contributed by atoms with Crippen molar-refractivity contribution in [2.45, 2.75) is 6.42 Å². The molecule has 0 saturated carbocycles. The lowest BCUT2D eigenvalue weighted by atomic mass is 10.3. The fourth-order valence-electron chi connectivity index (χ4n) is 1.76. The number of furan rings is 1. The highest BCUT2D eigenvalue weighted by molar-refractivity contribution is 6.30. The lowest BCUT2D eigenvalue weighted by molar-refractivity contribution is -0.121. The number of ether oxygens (including phenoxy) is 1. The van der Waals surface area contributed by atoms with Gasteiger partial charge in [-0.05, 0) is 36.4 Å². The molecule has 7 heteroatoms. The molecule has 2 rings (SSSR count). The Morgan fingerprint density at radius 2 is 1.87 bits per heavy atom. The van der Waals surface area contributed by atoms with Gasteiger partial charge in [0.05, 0.1) is 12.8 Å². The standard InChI is InChI=1S/C16H17ClN2O4/c17-12-3-5-13(6-4-12)22-11-9-18-15(20)7-8-19-16(21)14-2-1-10-23-14/h1-6,10H,7-9,11H2,(H,18,20)(H,19,21). The lowest BCUT2D eigenvalue weighted by Crippen LogP contribution is -2.32. The van der Waals surface area contributed by atoms with E-state index < -0.39 is 0 Å². The molecule has 0 aliphatic carbocycles. The van der Waals surface area contributed by atoms with Crippen LogP contribution in [0.5, 0.6) is 5.75 Å². The normalized spacial score (nSPS) is 10.1. The van der Waals surface area contributed by atoms with Crippen LogP contribution in [-0.2, 0) is 4.79 Å². The van der Waals surface area contributed by atoms with Gasteiger partial charge in [-0.25, -0.2) is 0 Å². The number of nitrogens with one attached hydrogen (secondary N) is 2. The Morgan fingerprint density at radius 3 is 2.57 bits per heavy atom. The summed E-state index contributed by atoms with van der Waals surface area (Å²) in [6.07, 6.45) is 1.61. The molecule has 1 aromatic carbocycles. The number of carbonyl (C=O) groups excluding carboxylic acids is 2. The summed E-state index contributed by atoms with van der Waals surface area (Å²) >= 11 is 5.77. The first-order chi connectivity index (χ1) is 11.1. The molecule has 0 atom stereocenters. The van der Waals surface area contributed by atoms with Crippen LogP contribution in [0.15, 0.2) is 47.1 Å². The van der Waals surface area contributed by atoms with Crippen molar-refractivity contribution in [2.75, 3.05) is 19.7 Å². The van der Waals surface area contributed by atoms with Crippen LogP contribution < -0.4 is 15.4 Å². The van der Waals surface area contributed by atoms with Crippen LogP contribution in [0.25, 0.3) is 0 Å². The number of amides is 2. The molecule has 2 amide bonds. The molecule has 2 N–H and O–H groups in total. The molecule has 0 aliphatic rings. The van der Waals surface area contributed by atoms with Crippen molar-refractivity contribution < 1.29 is 18.7 Å². The zero-order valence-corrected chi connectivity index (χ0v) is 13.1. The molecule has 1 heterocycles. The summed E-state index contributed by atoms with van der Waals surface area (Å²) in [5.41, 5.74) is 0. The van der Waals surface area contributed by atoms with Crippen molar-refractivity contribution >= 4 is 23.4 Å². The maximum Gasteiger partial charge on any atom is 0.286 e. The average molecular weight is 337 g/mol. The van der Waals surface area contributed by atoms with Gasteiger partial charge in [0.1, 0.15) is 12.4 Å². The van der Waals surface area contributed by atoms with Crippen molar-refractivity contribution in [2.24, 2.45) is 0 Å². The van der Waals surface area contributed by atoms with Crippen molar-refractivity contribution in [3.8, 4) is 5.75 Å². The third kappa shape index (κ3) is 6.04.